The van der Waals surface area contributed by atoms with Crippen LogP contribution >= 0.6 is 0 Å². The molecule has 0 unspecified atom stereocenters. The highest BCUT2D eigenvalue weighted by molar-refractivity contribution is 5.30. The number of nitrogens with one attached hydrogen (secondary N) is 1. The van der Waals surface area contributed by atoms with Crippen molar-refractivity contribution < 1.29 is 9.47 Å². The SMILES string of the molecule is CCNCc1c(C)nn(C)c1OCCOC(C)C. The first-order chi connectivity index (χ1) is 8.56. The number of aromatic nitrogens is 2. The first-order valence-corrected chi connectivity index (χ1v) is 6.53. The summed E-state index contributed by atoms with van der Waals surface area (Å²) < 4.78 is 13.0. The fourth-order valence-corrected chi connectivity index (χ4v) is 1.74. The Morgan fingerprint density at radius 2 is 2.06 bits per heavy atom. The van der Waals surface area contributed by atoms with E-state index in [1.54, 1.807) is 4.68 Å². The third-order valence-electron chi connectivity index (χ3n) is 2.61. The van der Waals surface area contributed by atoms with Gasteiger partial charge in [-0.25, -0.2) is 4.68 Å². The zero-order chi connectivity index (χ0) is 13.5. The molecular formula is C13H25N3O2. The van der Waals surface area contributed by atoms with E-state index in [1.165, 1.54) is 0 Å². The number of rotatable bonds is 8. The molecule has 1 N–H and O–H groups in total. The first kappa shape index (κ1) is 15.0. The average Bonchev–Trinajstić information content (AvgIpc) is 2.56. The summed E-state index contributed by atoms with van der Waals surface area (Å²) in [6.07, 6.45) is 0.239. The fraction of sp³-hybridized carbons (Fsp3) is 0.769. The van der Waals surface area contributed by atoms with Crippen molar-refractivity contribution in [2.45, 2.75) is 40.3 Å². The number of hydrogen-bond donors (Lipinski definition) is 1. The minimum absolute atomic E-state index is 0.239. The predicted octanol–water partition coefficient (Wildman–Crippen LogP) is 1.64. The first-order valence-electron chi connectivity index (χ1n) is 6.53. The molecule has 0 aliphatic carbocycles. The van der Waals surface area contributed by atoms with E-state index in [1.807, 2.05) is 27.8 Å². The molecule has 104 valence electrons. The summed E-state index contributed by atoms with van der Waals surface area (Å²) in [5.74, 6) is 0.834. The summed E-state index contributed by atoms with van der Waals surface area (Å²) in [5, 5.41) is 7.69. The Bertz CT molecular complexity index is 361. The van der Waals surface area contributed by atoms with Crippen molar-refractivity contribution in [3.63, 3.8) is 0 Å². The zero-order valence-electron chi connectivity index (χ0n) is 12.1. The molecule has 1 aromatic heterocycles. The zero-order valence-corrected chi connectivity index (χ0v) is 12.1. The maximum atomic E-state index is 5.77. The highest BCUT2D eigenvalue weighted by atomic mass is 16.5. The lowest BCUT2D eigenvalue weighted by Gasteiger charge is -2.11. The van der Waals surface area contributed by atoms with Gasteiger partial charge in [-0.2, -0.15) is 5.10 Å². The molecule has 0 spiro atoms. The lowest BCUT2D eigenvalue weighted by Crippen LogP contribution is -2.16. The molecule has 0 aliphatic rings. The second kappa shape index (κ2) is 7.38. The molecule has 1 heterocycles. The summed E-state index contributed by atoms with van der Waals surface area (Å²) in [4.78, 5) is 0. The fourth-order valence-electron chi connectivity index (χ4n) is 1.74. The molecule has 0 bridgehead atoms. The van der Waals surface area contributed by atoms with Crippen molar-refractivity contribution in [1.29, 1.82) is 0 Å². The molecule has 1 rings (SSSR count). The van der Waals surface area contributed by atoms with Crippen LogP contribution in [-0.4, -0.2) is 35.6 Å². The molecule has 0 saturated carbocycles. The van der Waals surface area contributed by atoms with Crippen LogP contribution in [-0.2, 0) is 18.3 Å². The Hall–Kier alpha value is -1.07. The number of hydrogen-bond acceptors (Lipinski definition) is 4. The molecule has 0 radical (unpaired) electrons. The quantitative estimate of drug-likeness (QED) is 0.717. The summed E-state index contributed by atoms with van der Waals surface area (Å²) in [6.45, 7) is 11.0. The molecule has 5 heteroatoms. The Labute approximate surface area is 109 Å². The molecule has 5 nitrogen and oxygen atoms in total. The van der Waals surface area contributed by atoms with Crippen LogP contribution in [0.25, 0.3) is 0 Å². The van der Waals surface area contributed by atoms with Crippen molar-refractivity contribution in [2.75, 3.05) is 19.8 Å². The van der Waals surface area contributed by atoms with Crippen molar-refractivity contribution in [2.24, 2.45) is 7.05 Å². The van der Waals surface area contributed by atoms with Gasteiger partial charge in [-0.05, 0) is 27.3 Å². The second-order valence-electron chi connectivity index (χ2n) is 4.54. The van der Waals surface area contributed by atoms with E-state index in [4.69, 9.17) is 9.47 Å². The minimum atomic E-state index is 0.239. The highest BCUT2D eigenvalue weighted by Crippen LogP contribution is 2.21. The molecule has 0 saturated heterocycles. The van der Waals surface area contributed by atoms with E-state index in [2.05, 4.69) is 17.3 Å². The van der Waals surface area contributed by atoms with E-state index in [0.717, 1.165) is 30.2 Å². The van der Waals surface area contributed by atoms with Crippen LogP contribution in [0.3, 0.4) is 0 Å². The number of nitrogens with zero attached hydrogens (tertiary/aromatic N) is 2. The van der Waals surface area contributed by atoms with Crippen LogP contribution in [0, 0.1) is 6.92 Å². The molecular weight excluding hydrogens is 230 g/mol. The smallest absolute Gasteiger partial charge is 0.216 e. The molecule has 18 heavy (non-hydrogen) atoms. The van der Waals surface area contributed by atoms with Crippen LogP contribution in [0.4, 0.5) is 0 Å². The van der Waals surface area contributed by atoms with Gasteiger partial charge in [0.25, 0.3) is 0 Å². The maximum Gasteiger partial charge on any atom is 0.216 e. The van der Waals surface area contributed by atoms with Gasteiger partial charge in [0.2, 0.25) is 5.88 Å². The molecule has 0 aromatic carbocycles. The van der Waals surface area contributed by atoms with Gasteiger partial charge in [0, 0.05) is 13.6 Å². The minimum Gasteiger partial charge on any atom is -0.475 e. The van der Waals surface area contributed by atoms with Gasteiger partial charge in [0.15, 0.2) is 0 Å². The lowest BCUT2D eigenvalue weighted by atomic mass is 10.2. The third kappa shape index (κ3) is 4.31. The summed E-state index contributed by atoms with van der Waals surface area (Å²) in [7, 11) is 1.90. The molecule has 0 aliphatic heterocycles. The second-order valence-corrected chi connectivity index (χ2v) is 4.54. The highest BCUT2D eigenvalue weighted by Gasteiger charge is 2.13. The lowest BCUT2D eigenvalue weighted by molar-refractivity contribution is 0.0531. The van der Waals surface area contributed by atoms with Gasteiger partial charge in [-0.15, -0.1) is 0 Å². The van der Waals surface area contributed by atoms with Gasteiger partial charge in [-0.3, -0.25) is 0 Å². The average molecular weight is 255 g/mol. The summed E-state index contributed by atoms with van der Waals surface area (Å²) in [5.41, 5.74) is 2.14. The Kier molecular flexibility index (Phi) is 6.15. The Balaban J connectivity index is 2.57. The number of aryl methyl sites for hydroxylation is 2. The van der Waals surface area contributed by atoms with E-state index < -0.39 is 0 Å². The summed E-state index contributed by atoms with van der Waals surface area (Å²) in [6, 6.07) is 0. The van der Waals surface area contributed by atoms with Gasteiger partial charge in [-0.1, -0.05) is 6.92 Å². The van der Waals surface area contributed by atoms with Gasteiger partial charge in [0.05, 0.1) is 24.0 Å². The van der Waals surface area contributed by atoms with Crippen LogP contribution in [0.1, 0.15) is 32.0 Å². The van der Waals surface area contributed by atoms with Crippen LogP contribution in [0.2, 0.25) is 0 Å². The number of ether oxygens (including phenoxy) is 2. The van der Waals surface area contributed by atoms with Crippen LogP contribution < -0.4 is 10.1 Å². The van der Waals surface area contributed by atoms with E-state index >= 15 is 0 Å². The standard InChI is InChI=1S/C13H25N3O2/c1-6-14-9-12-11(4)15-16(5)13(12)18-8-7-17-10(2)3/h10,14H,6-9H2,1-5H3. The molecule has 0 fully saturated rings. The van der Waals surface area contributed by atoms with Crippen molar-refractivity contribution in [1.82, 2.24) is 15.1 Å². The molecule has 0 amide bonds. The van der Waals surface area contributed by atoms with Crippen molar-refractivity contribution >= 4 is 0 Å². The van der Waals surface area contributed by atoms with Crippen LogP contribution in [0.5, 0.6) is 5.88 Å². The normalized spacial score (nSPS) is 11.2. The van der Waals surface area contributed by atoms with Crippen molar-refractivity contribution in [3.8, 4) is 5.88 Å². The largest absolute Gasteiger partial charge is 0.475 e. The monoisotopic (exact) mass is 255 g/mol. The van der Waals surface area contributed by atoms with E-state index in [-0.39, 0.29) is 6.10 Å². The Morgan fingerprint density at radius 3 is 2.67 bits per heavy atom. The maximum absolute atomic E-state index is 5.77. The third-order valence-corrected chi connectivity index (χ3v) is 2.61. The summed E-state index contributed by atoms with van der Waals surface area (Å²) >= 11 is 0. The molecule has 0 atom stereocenters. The predicted molar refractivity (Wildman–Crippen MR) is 71.9 cm³/mol. The van der Waals surface area contributed by atoms with Gasteiger partial charge >= 0.3 is 0 Å². The van der Waals surface area contributed by atoms with Gasteiger partial charge < -0.3 is 14.8 Å². The van der Waals surface area contributed by atoms with Gasteiger partial charge in [0.1, 0.15) is 6.61 Å². The van der Waals surface area contributed by atoms with E-state index in [0.29, 0.717) is 13.2 Å². The Morgan fingerprint density at radius 1 is 1.33 bits per heavy atom. The topological polar surface area (TPSA) is 48.3 Å². The van der Waals surface area contributed by atoms with Crippen molar-refractivity contribution in [3.05, 3.63) is 11.3 Å². The molecule has 1 aromatic rings. The van der Waals surface area contributed by atoms with Crippen LogP contribution in [0.15, 0.2) is 0 Å². The van der Waals surface area contributed by atoms with E-state index in [9.17, 15) is 0 Å².